The van der Waals surface area contributed by atoms with Gasteiger partial charge in [0.15, 0.2) is 6.61 Å². The van der Waals surface area contributed by atoms with E-state index in [4.69, 9.17) is 9.26 Å². The molecule has 0 atom stereocenters. The average Bonchev–Trinajstić information content (AvgIpc) is 3.44. The molecule has 0 bridgehead atoms. The molecule has 0 unspecified atom stereocenters. The molecule has 1 aliphatic rings. The SMILES string of the molecule is O=C(OCc1nc(-c2cccs2)no1)C1CCN(C(=O)c2ccc(F)cc2)CC1. The second-order valence-corrected chi connectivity index (χ2v) is 7.62. The molecule has 4 rings (SSSR count). The summed E-state index contributed by atoms with van der Waals surface area (Å²) in [5, 5.41) is 5.79. The van der Waals surface area contributed by atoms with Gasteiger partial charge in [0.05, 0.1) is 10.8 Å². The lowest BCUT2D eigenvalue weighted by Gasteiger charge is -2.30. The lowest BCUT2D eigenvalue weighted by molar-refractivity contribution is -0.152. The lowest BCUT2D eigenvalue weighted by atomic mass is 9.96. The van der Waals surface area contributed by atoms with Gasteiger partial charge in [-0.2, -0.15) is 4.98 Å². The smallest absolute Gasteiger partial charge is 0.309 e. The summed E-state index contributed by atoms with van der Waals surface area (Å²) in [5.74, 6) is -0.457. The van der Waals surface area contributed by atoms with Gasteiger partial charge < -0.3 is 14.2 Å². The van der Waals surface area contributed by atoms with E-state index in [9.17, 15) is 14.0 Å². The molecule has 0 saturated carbocycles. The Morgan fingerprint density at radius 1 is 1.21 bits per heavy atom. The number of esters is 1. The van der Waals surface area contributed by atoms with Crippen LogP contribution >= 0.6 is 11.3 Å². The minimum Gasteiger partial charge on any atom is -0.455 e. The van der Waals surface area contributed by atoms with Crippen molar-refractivity contribution in [1.82, 2.24) is 15.0 Å². The van der Waals surface area contributed by atoms with Crippen molar-refractivity contribution in [3.63, 3.8) is 0 Å². The molecule has 3 heterocycles. The fourth-order valence-electron chi connectivity index (χ4n) is 3.16. The van der Waals surface area contributed by atoms with E-state index in [2.05, 4.69) is 10.1 Å². The van der Waals surface area contributed by atoms with Gasteiger partial charge in [-0.25, -0.2) is 4.39 Å². The number of piperidine rings is 1. The molecular weight excluding hydrogens is 397 g/mol. The zero-order valence-corrected chi connectivity index (χ0v) is 16.2. The Bertz CT molecular complexity index is 980. The van der Waals surface area contributed by atoms with Gasteiger partial charge in [0.25, 0.3) is 11.8 Å². The molecule has 1 aromatic carbocycles. The minimum absolute atomic E-state index is 0.0774. The number of halogens is 1. The number of rotatable bonds is 5. The predicted molar refractivity (Wildman–Crippen MR) is 102 cm³/mol. The average molecular weight is 415 g/mol. The summed E-state index contributed by atoms with van der Waals surface area (Å²) in [6, 6.07) is 9.23. The number of carbonyl (C=O) groups excluding carboxylic acids is 2. The summed E-state index contributed by atoms with van der Waals surface area (Å²) in [6.45, 7) is 0.810. The normalized spacial score (nSPS) is 14.7. The Labute approximate surface area is 170 Å². The van der Waals surface area contributed by atoms with Crippen LogP contribution in [0.15, 0.2) is 46.3 Å². The zero-order chi connectivity index (χ0) is 20.2. The highest BCUT2D eigenvalue weighted by Crippen LogP contribution is 2.23. The summed E-state index contributed by atoms with van der Waals surface area (Å²) in [6.07, 6.45) is 1.02. The van der Waals surface area contributed by atoms with E-state index in [0.717, 1.165) is 4.88 Å². The number of likely N-dealkylation sites (tertiary alicyclic amines) is 1. The first kappa shape index (κ1) is 19.3. The third kappa shape index (κ3) is 4.51. The molecule has 0 aliphatic carbocycles. The zero-order valence-electron chi connectivity index (χ0n) is 15.4. The molecular formula is C20H18FN3O4S. The van der Waals surface area contributed by atoms with E-state index in [1.165, 1.54) is 35.6 Å². The topological polar surface area (TPSA) is 85.5 Å². The standard InChI is InChI=1S/C20H18FN3O4S/c21-15-5-3-13(4-6-15)19(25)24-9-7-14(8-10-24)20(26)27-12-17-22-18(23-28-17)16-2-1-11-29-16/h1-6,11,14H,7-10,12H2. The number of nitrogens with zero attached hydrogens (tertiary/aromatic N) is 3. The molecule has 2 aromatic heterocycles. The van der Waals surface area contributed by atoms with Crippen LogP contribution in [0, 0.1) is 11.7 Å². The Morgan fingerprint density at radius 3 is 2.66 bits per heavy atom. The number of hydrogen-bond donors (Lipinski definition) is 0. The summed E-state index contributed by atoms with van der Waals surface area (Å²) in [4.78, 5) is 31.6. The first-order valence-electron chi connectivity index (χ1n) is 9.18. The summed E-state index contributed by atoms with van der Waals surface area (Å²) in [7, 11) is 0. The second-order valence-electron chi connectivity index (χ2n) is 6.67. The third-order valence-electron chi connectivity index (χ3n) is 4.75. The molecule has 7 nitrogen and oxygen atoms in total. The Hall–Kier alpha value is -3.07. The van der Waals surface area contributed by atoms with Gasteiger partial charge in [-0.05, 0) is 48.6 Å². The van der Waals surface area contributed by atoms with E-state index in [1.807, 2.05) is 17.5 Å². The van der Waals surface area contributed by atoms with Crippen molar-refractivity contribution in [3.8, 4) is 10.7 Å². The van der Waals surface area contributed by atoms with Crippen molar-refractivity contribution in [2.24, 2.45) is 5.92 Å². The van der Waals surface area contributed by atoms with E-state index in [1.54, 1.807) is 4.90 Å². The van der Waals surface area contributed by atoms with Crippen LogP contribution in [-0.4, -0.2) is 40.0 Å². The van der Waals surface area contributed by atoms with Gasteiger partial charge in [-0.3, -0.25) is 9.59 Å². The number of ether oxygens (including phenoxy) is 1. The van der Waals surface area contributed by atoms with Crippen LogP contribution in [0.1, 0.15) is 29.1 Å². The molecule has 1 aliphatic heterocycles. The van der Waals surface area contributed by atoms with E-state index < -0.39 is 0 Å². The summed E-state index contributed by atoms with van der Waals surface area (Å²) in [5.41, 5.74) is 0.436. The summed E-state index contributed by atoms with van der Waals surface area (Å²) >= 11 is 1.49. The number of amides is 1. The van der Waals surface area contributed by atoms with Crippen molar-refractivity contribution in [2.45, 2.75) is 19.4 Å². The van der Waals surface area contributed by atoms with Gasteiger partial charge in [0.2, 0.25) is 5.82 Å². The van der Waals surface area contributed by atoms with Crippen molar-refractivity contribution >= 4 is 23.2 Å². The van der Waals surface area contributed by atoms with Crippen molar-refractivity contribution in [1.29, 1.82) is 0 Å². The highest BCUT2D eigenvalue weighted by molar-refractivity contribution is 7.13. The fraction of sp³-hybridized carbons (Fsp3) is 0.300. The van der Waals surface area contributed by atoms with Crippen LogP contribution in [0.3, 0.4) is 0 Å². The maximum absolute atomic E-state index is 13.0. The van der Waals surface area contributed by atoms with Crippen molar-refractivity contribution in [2.75, 3.05) is 13.1 Å². The van der Waals surface area contributed by atoms with Crippen LogP contribution in [0.4, 0.5) is 4.39 Å². The molecule has 1 amide bonds. The van der Waals surface area contributed by atoms with Gasteiger partial charge in [-0.15, -0.1) is 11.3 Å². The van der Waals surface area contributed by atoms with Gasteiger partial charge in [-0.1, -0.05) is 11.2 Å². The number of carbonyl (C=O) groups is 2. The molecule has 29 heavy (non-hydrogen) atoms. The number of thiophene rings is 1. The molecule has 3 aromatic rings. The Balaban J connectivity index is 1.26. The van der Waals surface area contributed by atoms with Crippen LogP contribution < -0.4 is 0 Å². The third-order valence-corrected chi connectivity index (χ3v) is 5.62. The van der Waals surface area contributed by atoms with Crippen LogP contribution in [-0.2, 0) is 16.1 Å². The Morgan fingerprint density at radius 2 is 1.97 bits per heavy atom. The van der Waals surface area contributed by atoms with Gasteiger partial charge >= 0.3 is 5.97 Å². The first-order valence-corrected chi connectivity index (χ1v) is 10.1. The van der Waals surface area contributed by atoms with Crippen molar-refractivity contribution < 1.29 is 23.2 Å². The number of aromatic nitrogens is 2. The highest BCUT2D eigenvalue weighted by atomic mass is 32.1. The lowest BCUT2D eigenvalue weighted by Crippen LogP contribution is -2.40. The molecule has 1 saturated heterocycles. The molecule has 1 fully saturated rings. The molecule has 0 radical (unpaired) electrons. The Kier molecular flexibility index (Phi) is 5.66. The highest BCUT2D eigenvalue weighted by Gasteiger charge is 2.29. The van der Waals surface area contributed by atoms with Gasteiger partial charge in [0.1, 0.15) is 5.82 Å². The van der Waals surface area contributed by atoms with Crippen LogP contribution in [0.25, 0.3) is 10.7 Å². The maximum Gasteiger partial charge on any atom is 0.309 e. The molecule has 9 heteroatoms. The second kappa shape index (κ2) is 8.52. The van der Waals surface area contributed by atoms with E-state index >= 15 is 0 Å². The predicted octanol–water partition coefficient (Wildman–Crippen LogP) is 3.53. The van der Waals surface area contributed by atoms with Crippen molar-refractivity contribution in [3.05, 3.63) is 59.0 Å². The fourth-order valence-corrected chi connectivity index (χ4v) is 3.81. The quantitative estimate of drug-likeness (QED) is 0.593. The number of benzene rings is 1. The molecule has 150 valence electrons. The first-order chi connectivity index (χ1) is 14.1. The maximum atomic E-state index is 13.0. The molecule has 0 spiro atoms. The van der Waals surface area contributed by atoms with E-state index in [0.29, 0.717) is 37.3 Å². The van der Waals surface area contributed by atoms with Gasteiger partial charge in [0, 0.05) is 18.7 Å². The number of hydrogen-bond acceptors (Lipinski definition) is 7. The largest absolute Gasteiger partial charge is 0.455 e. The monoisotopic (exact) mass is 415 g/mol. The van der Waals surface area contributed by atoms with Crippen LogP contribution in [0.2, 0.25) is 0 Å². The van der Waals surface area contributed by atoms with Crippen LogP contribution in [0.5, 0.6) is 0 Å². The van der Waals surface area contributed by atoms with E-state index in [-0.39, 0.29) is 36.1 Å². The summed E-state index contributed by atoms with van der Waals surface area (Å²) < 4.78 is 23.4. The molecule has 0 N–H and O–H groups in total. The minimum atomic E-state index is -0.383.